The third kappa shape index (κ3) is 6.39. The Morgan fingerprint density at radius 2 is 1.39 bits per heavy atom. The van der Waals surface area contributed by atoms with E-state index in [9.17, 15) is 0 Å². The Bertz CT molecular complexity index is 1170. The fraction of sp³-hybridized carbons (Fsp3) is 0.250. The molecule has 4 aromatic rings. The summed E-state index contributed by atoms with van der Waals surface area (Å²) in [6, 6.07) is 23.8. The lowest BCUT2D eigenvalue weighted by Crippen LogP contribution is -2.47. The minimum atomic E-state index is 0. The average molecular weight is 524 g/mol. The van der Waals surface area contributed by atoms with Crippen LogP contribution in [0.4, 0.5) is 0 Å². The van der Waals surface area contributed by atoms with Gasteiger partial charge >= 0.3 is 0 Å². The van der Waals surface area contributed by atoms with Crippen LogP contribution in [0.1, 0.15) is 28.4 Å². The van der Waals surface area contributed by atoms with Crippen molar-refractivity contribution in [1.82, 2.24) is 29.5 Å². The maximum absolute atomic E-state index is 4.46. The molecule has 0 aliphatic carbocycles. The summed E-state index contributed by atoms with van der Waals surface area (Å²) < 4.78 is 1.78. The molecule has 2 aromatic carbocycles. The van der Waals surface area contributed by atoms with E-state index in [0.717, 1.165) is 44.0 Å². The summed E-state index contributed by atoms with van der Waals surface area (Å²) in [4.78, 5) is 13.7. The fourth-order valence-corrected chi connectivity index (χ4v) is 4.61. The molecule has 1 aliphatic rings. The number of halogens is 2. The molecule has 8 heteroatoms. The van der Waals surface area contributed by atoms with Gasteiger partial charge in [0.1, 0.15) is 0 Å². The van der Waals surface area contributed by atoms with Crippen LogP contribution >= 0.6 is 24.8 Å². The molecule has 0 unspecified atom stereocenters. The molecule has 0 N–H and O–H groups in total. The lowest BCUT2D eigenvalue weighted by Gasteiger charge is -2.39. The molecule has 0 atom stereocenters. The van der Waals surface area contributed by atoms with Gasteiger partial charge in [0.05, 0.1) is 17.9 Å². The summed E-state index contributed by atoms with van der Waals surface area (Å²) in [6.07, 6.45) is 9.74. The van der Waals surface area contributed by atoms with Gasteiger partial charge in [0, 0.05) is 50.7 Å². The summed E-state index contributed by atoms with van der Waals surface area (Å²) >= 11 is 0. The first-order valence-corrected chi connectivity index (χ1v) is 11.8. The van der Waals surface area contributed by atoms with Gasteiger partial charge < -0.3 is 0 Å². The molecule has 0 amide bonds. The molecule has 188 valence electrons. The molecule has 1 aliphatic heterocycles. The zero-order valence-corrected chi connectivity index (χ0v) is 22.0. The maximum Gasteiger partial charge on any atom is 0.250 e. The van der Waals surface area contributed by atoms with Gasteiger partial charge in [-0.25, -0.2) is 14.6 Å². The van der Waals surface area contributed by atoms with Crippen molar-refractivity contribution in [3.05, 3.63) is 114 Å². The van der Waals surface area contributed by atoms with Crippen molar-refractivity contribution >= 4 is 30.9 Å². The van der Waals surface area contributed by atoms with Crippen LogP contribution in [0.3, 0.4) is 0 Å². The number of piperazine rings is 1. The van der Waals surface area contributed by atoms with Gasteiger partial charge in [-0.1, -0.05) is 72.8 Å². The van der Waals surface area contributed by atoms with Crippen LogP contribution in [0.2, 0.25) is 0 Å². The van der Waals surface area contributed by atoms with Crippen LogP contribution in [0.5, 0.6) is 0 Å². The van der Waals surface area contributed by atoms with Crippen molar-refractivity contribution in [2.75, 3.05) is 32.7 Å². The number of nitrogens with zero attached hydrogens (tertiary/aromatic N) is 6. The number of aromatic nitrogens is 4. The van der Waals surface area contributed by atoms with Crippen molar-refractivity contribution in [3.63, 3.8) is 0 Å². The second-order valence-corrected chi connectivity index (χ2v) is 8.61. The number of benzene rings is 2. The average Bonchev–Trinajstić information content (AvgIpc) is 3.27. The topological polar surface area (TPSA) is 50.1 Å². The monoisotopic (exact) mass is 522 g/mol. The molecular weight excluding hydrogens is 491 g/mol. The normalized spacial score (nSPS) is 14.5. The third-order valence-corrected chi connectivity index (χ3v) is 6.45. The summed E-state index contributed by atoms with van der Waals surface area (Å²) in [7, 11) is 0. The molecule has 36 heavy (non-hydrogen) atoms. The largest absolute Gasteiger partial charge is 0.297 e. The van der Waals surface area contributed by atoms with Gasteiger partial charge in [0.25, 0.3) is 5.95 Å². The van der Waals surface area contributed by atoms with Gasteiger partial charge in [-0.2, -0.15) is 5.10 Å². The van der Waals surface area contributed by atoms with Gasteiger partial charge in [-0.3, -0.25) is 9.80 Å². The predicted molar refractivity (Wildman–Crippen MR) is 150 cm³/mol. The second-order valence-electron chi connectivity index (χ2n) is 8.61. The van der Waals surface area contributed by atoms with E-state index in [1.807, 2.05) is 12.3 Å². The molecule has 1 saturated heterocycles. The highest BCUT2D eigenvalue weighted by Gasteiger charge is 2.25. The summed E-state index contributed by atoms with van der Waals surface area (Å²) in [5.41, 5.74) is 4.86. The fourth-order valence-electron chi connectivity index (χ4n) is 4.61. The predicted octanol–water partition coefficient (Wildman–Crippen LogP) is 5.23. The smallest absolute Gasteiger partial charge is 0.250 e. The van der Waals surface area contributed by atoms with Crippen molar-refractivity contribution in [3.8, 4) is 5.95 Å². The summed E-state index contributed by atoms with van der Waals surface area (Å²) in [6.45, 7) is 7.18. The molecule has 3 heterocycles. The zero-order chi connectivity index (χ0) is 23.2. The van der Waals surface area contributed by atoms with E-state index in [1.54, 1.807) is 17.1 Å². The quantitative estimate of drug-likeness (QED) is 0.332. The lowest BCUT2D eigenvalue weighted by atomic mass is 9.96. The highest BCUT2D eigenvalue weighted by molar-refractivity contribution is 5.85. The molecule has 2 aromatic heterocycles. The highest BCUT2D eigenvalue weighted by Crippen LogP contribution is 2.29. The van der Waals surface area contributed by atoms with Crippen molar-refractivity contribution in [2.45, 2.75) is 13.0 Å². The van der Waals surface area contributed by atoms with Crippen LogP contribution in [0.15, 0.2) is 91.4 Å². The Labute approximate surface area is 225 Å². The summed E-state index contributed by atoms with van der Waals surface area (Å²) in [5.74, 6) is 0.599. The molecule has 0 spiro atoms. The van der Waals surface area contributed by atoms with Gasteiger partial charge in [-0.05, 0) is 24.1 Å². The van der Waals surface area contributed by atoms with E-state index in [2.05, 4.69) is 105 Å². The van der Waals surface area contributed by atoms with Crippen LogP contribution in [0, 0.1) is 6.92 Å². The SMILES string of the molecule is Cc1c(/C=C/CN2CCN(C(c3ccccc3)c3ccccc3)CC2)cnn1-c1ncccn1.Cl.Cl. The van der Waals surface area contributed by atoms with Crippen LogP contribution < -0.4 is 0 Å². The Kier molecular flexibility index (Phi) is 10.2. The Morgan fingerprint density at radius 3 is 1.97 bits per heavy atom. The Hall–Kier alpha value is -3.03. The van der Waals surface area contributed by atoms with Gasteiger partial charge in [0.2, 0.25) is 0 Å². The van der Waals surface area contributed by atoms with Gasteiger partial charge in [-0.15, -0.1) is 24.8 Å². The summed E-state index contributed by atoms with van der Waals surface area (Å²) in [5, 5.41) is 4.46. The molecule has 1 fully saturated rings. The number of rotatable bonds is 7. The van der Waals surface area contributed by atoms with E-state index in [1.165, 1.54) is 11.1 Å². The van der Waals surface area contributed by atoms with Crippen LogP contribution in [-0.2, 0) is 0 Å². The van der Waals surface area contributed by atoms with E-state index >= 15 is 0 Å². The molecule has 0 radical (unpaired) electrons. The second kappa shape index (κ2) is 13.3. The lowest BCUT2D eigenvalue weighted by molar-refractivity contribution is 0.118. The first kappa shape index (κ1) is 27.6. The number of hydrogen-bond donors (Lipinski definition) is 0. The zero-order valence-electron chi connectivity index (χ0n) is 20.4. The minimum absolute atomic E-state index is 0. The molecule has 6 nitrogen and oxygen atoms in total. The Morgan fingerprint density at radius 1 is 0.806 bits per heavy atom. The first-order chi connectivity index (χ1) is 16.8. The van der Waals surface area contributed by atoms with Gasteiger partial charge in [0.15, 0.2) is 0 Å². The molecular formula is C28H32Cl2N6. The molecule has 5 rings (SSSR count). The van der Waals surface area contributed by atoms with Crippen LogP contribution in [-0.4, -0.2) is 62.3 Å². The molecule has 0 saturated carbocycles. The van der Waals surface area contributed by atoms with E-state index < -0.39 is 0 Å². The van der Waals surface area contributed by atoms with E-state index in [-0.39, 0.29) is 24.8 Å². The third-order valence-electron chi connectivity index (χ3n) is 6.45. The Balaban J connectivity index is 0.00000180. The van der Waals surface area contributed by atoms with Crippen molar-refractivity contribution < 1.29 is 0 Å². The minimum Gasteiger partial charge on any atom is -0.297 e. The van der Waals surface area contributed by atoms with Crippen molar-refractivity contribution in [2.24, 2.45) is 0 Å². The van der Waals surface area contributed by atoms with Crippen molar-refractivity contribution in [1.29, 1.82) is 0 Å². The standard InChI is InChI=1S/C28H30N6.2ClH/c1-23-26(22-31-34(23)28-29-15-9-16-30-28)14-8-17-32-18-20-33(21-19-32)27(24-10-4-2-5-11-24)25-12-6-3-7-13-25;;/h2-16,22,27H,17-21H2,1H3;2*1H/b14-8+;;. The van der Waals surface area contributed by atoms with E-state index in [4.69, 9.17) is 0 Å². The highest BCUT2D eigenvalue weighted by atomic mass is 35.5. The van der Waals surface area contributed by atoms with E-state index in [0.29, 0.717) is 12.0 Å². The number of hydrogen-bond acceptors (Lipinski definition) is 5. The maximum atomic E-state index is 4.46. The molecule has 0 bridgehead atoms. The first-order valence-electron chi connectivity index (χ1n) is 11.8. The van der Waals surface area contributed by atoms with Crippen LogP contribution in [0.25, 0.3) is 12.0 Å².